The number of nitrogens with one attached hydrogen (secondary N) is 3. The van der Waals surface area contributed by atoms with Crippen molar-refractivity contribution in [1.29, 1.82) is 0 Å². The standard InChI is InChI=1S/C40H38N4O5S2/c1-26-19-27(2)21-31(20-26)40(47)44(3)37(22-28-13-15-29(16-14-28)30-17-18-50-25-30)39(46)42-36(23-32-24-41-35-12-8-7-11-34(32)35)38(45)43-51(48,49)33-9-5-4-6-10-33/h4-21,24-25,36-37,41H,22-23H2,1-3H3,(H,42,46)(H,43,45). The Hall–Kier alpha value is -5.52. The molecule has 2 unspecified atom stereocenters. The van der Waals surface area contributed by atoms with Gasteiger partial charge in [0.25, 0.3) is 21.8 Å². The van der Waals surface area contributed by atoms with Crippen LogP contribution in [0.4, 0.5) is 0 Å². The van der Waals surface area contributed by atoms with Gasteiger partial charge in [-0.2, -0.15) is 11.3 Å². The second-order valence-corrected chi connectivity index (χ2v) is 15.1. The van der Waals surface area contributed by atoms with Crippen LogP contribution >= 0.6 is 11.3 Å². The number of nitrogens with zero attached hydrogens (tertiary/aromatic N) is 1. The summed E-state index contributed by atoms with van der Waals surface area (Å²) >= 11 is 1.60. The summed E-state index contributed by atoms with van der Waals surface area (Å²) in [5, 5.41) is 7.73. The highest BCUT2D eigenvalue weighted by atomic mass is 32.2. The van der Waals surface area contributed by atoms with E-state index in [2.05, 4.69) is 20.4 Å². The Bertz CT molecular complexity index is 2260. The first-order valence-electron chi connectivity index (χ1n) is 16.4. The zero-order chi connectivity index (χ0) is 36.1. The van der Waals surface area contributed by atoms with Crippen LogP contribution in [0, 0.1) is 13.8 Å². The Morgan fingerprint density at radius 1 is 0.804 bits per heavy atom. The van der Waals surface area contributed by atoms with E-state index in [0.29, 0.717) is 11.1 Å². The van der Waals surface area contributed by atoms with Gasteiger partial charge in [-0.15, -0.1) is 0 Å². The summed E-state index contributed by atoms with van der Waals surface area (Å²) in [5.74, 6) is -1.87. The molecular formula is C40H38N4O5S2. The molecule has 0 aliphatic carbocycles. The fourth-order valence-corrected chi connectivity index (χ4v) is 7.90. The van der Waals surface area contributed by atoms with Gasteiger partial charge in [0.1, 0.15) is 12.1 Å². The molecule has 0 spiro atoms. The summed E-state index contributed by atoms with van der Waals surface area (Å²) < 4.78 is 28.6. The minimum absolute atomic E-state index is 0.0112. The maximum Gasteiger partial charge on any atom is 0.264 e. The van der Waals surface area contributed by atoms with Gasteiger partial charge in [0.05, 0.1) is 4.90 Å². The zero-order valence-corrected chi connectivity index (χ0v) is 30.1. The third kappa shape index (κ3) is 8.28. The lowest BCUT2D eigenvalue weighted by molar-refractivity contribution is -0.130. The molecule has 51 heavy (non-hydrogen) atoms. The largest absolute Gasteiger partial charge is 0.361 e. The third-order valence-corrected chi connectivity index (χ3v) is 10.9. The van der Waals surface area contributed by atoms with Crippen LogP contribution in [0.1, 0.15) is 32.6 Å². The molecule has 0 aliphatic heterocycles. The van der Waals surface area contributed by atoms with Crippen LogP contribution in [-0.2, 0) is 32.5 Å². The van der Waals surface area contributed by atoms with E-state index in [1.807, 2.05) is 79.9 Å². The average molecular weight is 719 g/mol. The molecule has 4 aromatic carbocycles. The zero-order valence-electron chi connectivity index (χ0n) is 28.4. The number of hydrogen-bond acceptors (Lipinski definition) is 6. The number of carbonyl (C=O) groups excluding carboxylic acids is 3. The molecule has 6 rings (SSSR count). The van der Waals surface area contributed by atoms with Crippen molar-refractivity contribution in [3.8, 4) is 11.1 Å². The second-order valence-electron chi connectivity index (χ2n) is 12.6. The Balaban J connectivity index is 1.33. The SMILES string of the molecule is Cc1cc(C)cc(C(=O)N(C)C(Cc2ccc(-c3ccsc3)cc2)C(=O)NC(Cc2c[nH]c3ccccc23)C(=O)NS(=O)(=O)c2ccccc2)c1. The van der Waals surface area contributed by atoms with Gasteiger partial charge in [-0.1, -0.05) is 77.9 Å². The fourth-order valence-electron chi connectivity index (χ4n) is 6.19. The first-order valence-corrected chi connectivity index (χ1v) is 18.8. The predicted octanol–water partition coefficient (Wildman–Crippen LogP) is 6.43. The molecule has 6 aromatic rings. The first kappa shape index (κ1) is 35.3. The van der Waals surface area contributed by atoms with Gasteiger partial charge in [-0.25, -0.2) is 13.1 Å². The van der Waals surface area contributed by atoms with Crippen LogP contribution in [0.2, 0.25) is 0 Å². The van der Waals surface area contributed by atoms with Crippen LogP contribution in [0.25, 0.3) is 22.0 Å². The summed E-state index contributed by atoms with van der Waals surface area (Å²) in [6.07, 6.45) is 1.88. The molecule has 260 valence electrons. The molecule has 0 saturated heterocycles. The van der Waals surface area contributed by atoms with E-state index in [9.17, 15) is 22.8 Å². The van der Waals surface area contributed by atoms with Crippen LogP contribution in [0.15, 0.2) is 125 Å². The van der Waals surface area contributed by atoms with Crippen LogP contribution < -0.4 is 10.0 Å². The summed E-state index contributed by atoms with van der Waals surface area (Å²) in [5.41, 5.74) is 6.70. The van der Waals surface area contributed by atoms with Crippen molar-refractivity contribution in [2.75, 3.05) is 7.05 Å². The molecule has 2 atom stereocenters. The Morgan fingerprint density at radius 2 is 1.49 bits per heavy atom. The van der Waals surface area contributed by atoms with Gasteiger partial charge in [0.15, 0.2) is 0 Å². The van der Waals surface area contributed by atoms with E-state index < -0.39 is 33.9 Å². The van der Waals surface area contributed by atoms with Crippen LogP contribution in [0.3, 0.4) is 0 Å². The maximum atomic E-state index is 14.4. The Kier molecular flexibility index (Phi) is 10.5. The van der Waals surface area contributed by atoms with E-state index in [1.165, 1.54) is 17.0 Å². The lowest BCUT2D eigenvalue weighted by Crippen LogP contribution is -2.56. The molecule has 9 nitrogen and oxygen atoms in total. The molecule has 0 radical (unpaired) electrons. The number of amides is 3. The third-order valence-electron chi connectivity index (χ3n) is 8.82. The molecule has 0 fully saturated rings. The van der Waals surface area contributed by atoms with Gasteiger partial charge >= 0.3 is 0 Å². The topological polar surface area (TPSA) is 128 Å². The minimum Gasteiger partial charge on any atom is -0.361 e. The number of thiophene rings is 1. The van der Waals surface area contributed by atoms with Gasteiger partial charge in [0, 0.05) is 42.6 Å². The molecule has 3 amide bonds. The number of sulfonamides is 1. The lowest BCUT2D eigenvalue weighted by Gasteiger charge is -2.29. The monoisotopic (exact) mass is 718 g/mol. The van der Waals surface area contributed by atoms with Crippen LogP contribution in [-0.4, -0.2) is 55.2 Å². The number of aromatic nitrogens is 1. The molecule has 0 aliphatic rings. The number of likely N-dealkylation sites (N-methyl/N-ethyl adjacent to an activating group) is 1. The quantitative estimate of drug-likeness (QED) is 0.134. The number of para-hydroxylation sites is 1. The van der Waals surface area contributed by atoms with Crippen molar-refractivity contribution >= 4 is 50.0 Å². The minimum atomic E-state index is -4.25. The van der Waals surface area contributed by atoms with Crippen molar-refractivity contribution in [2.24, 2.45) is 0 Å². The molecular weight excluding hydrogens is 681 g/mol. The van der Waals surface area contributed by atoms with E-state index in [1.54, 1.807) is 54.9 Å². The van der Waals surface area contributed by atoms with Crippen LogP contribution in [0.5, 0.6) is 0 Å². The molecule has 0 bridgehead atoms. The number of hydrogen-bond donors (Lipinski definition) is 3. The average Bonchev–Trinajstić information content (AvgIpc) is 3.81. The van der Waals surface area contributed by atoms with E-state index in [0.717, 1.165) is 38.7 Å². The smallest absolute Gasteiger partial charge is 0.264 e. The second kappa shape index (κ2) is 15.2. The van der Waals surface area contributed by atoms with Crippen molar-refractivity contribution < 1.29 is 22.8 Å². The summed E-state index contributed by atoms with van der Waals surface area (Å²) in [6, 6.07) is 28.1. The van der Waals surface area contributed by atoms with Crippen molar-refractivity contribution in [2.45, 2.75) is 43.7 Å². The normalized spacial score (nSPS) is 12.6. The van der Waals surface area contributed by atoms with E-state index in [4.69, 9.17) is 0 Å². The number of rotatable bonds is 12. The van der Waals surface area contributed by atoms with E-state index in [-0.39, 0.29) is 23.6 Å². The van der Waals surface area contributed by atoms with Gasteiger partial charge in [0.2, 0.25) is 5.91 Å². The summed E-state index contributed by atoms with van der Waals surface area (Å²) in [4.78, 5) is 46.7. The predicted molar refractivity (Wildman–Crippen MR) is 201 cm³/mol. The molecule has 3 N–H and O–H groups in total. The number of aromatic amines is 1. The molecule has 0 saturated carbocycles. The van der Waals surface area contributed by atoms with E-state index >= 15 is 0 Å². The molecule has 2 heterocycles. The van der Waals surface area contributed by atoms with Gasteiger partial charge in [-0.05, 0) is 83.3 Å². The van der Waals surface area contributed by atoms with Crippen molar-refractivity contribution in [3.05, 3.63) is 148 Å². The number of fused-ring (bicyclic) bond motifs is 1. The summed E-state index contributed by atoms with van der Waals surface area (Å²) in [7, 11) is -2.68. The number of carbonyl (C=O) groups is 3. The highest BCUT2D eigenvalue weighted by molar-refractivity contribution is 7.90. The summed E-state index contributed by atoms with van der Waals surface area (Å²) in [6.45, 7) is 3.81. The first-order chi connectivity index (χ1) is 24.5. The Labute approximate surface area is 301 Å². The van der Waals surface area contributed by atoms with Gasteiger partial charge < -0.3 is 15.2 Å². The van der Waals surface area contributed by atoms with Gasteiger partial charge in [-0.3, -0.25) is 14.4 Å². The fraction of sp³-hybridized carbons (Fsp3) is 0.175. The molecule has 2 aromatic heterocycles. The van der Waals surface area contributed by atoms with Crippen molar-refractivity contribution in [3.63, 3.8) is 0 Å². The highest BCUT2D eigenvalue weighted by Gasteiger charge is 2.33. The number of H-pyrrole nitrogens is 1. The Morgan fingerprint density at radius 3 is 2.18 bits per heavy atom. The van der Waals surface area contributed by atoms with Crippen molar-refractivity contribution in [1.82, 2.24) is 19.9 Å². The number of aryl methyl sites for hydroxylation is 2. The lowest BCUT2D eigenvalue weighted by atomic mass is 9.99. The highest BCUT2D eigenvalue weighted by Crippen LogP contribution is 2.24. The maximum absolute atomic E-state index is 14.4. The number of benzene rings is 4. The molecule has 11 heteroatoms.